The highest BCUT2D eigenvalue weighted by Gasteiger charge is 2.57. The normalized spacial score (nSPS) is 34.7. The molecule has 3 N–H and O–H groups in total. The number of aliphatic hydroxyl groups excluding tert-OH is 1. The molecule has 0 bridgehead atoms. The number of hydrogen-bond acceptors (Lipinski definition) is 12. The molecule has 4 fully saturated rings. The van der Waals surface area contributed by atoms with E-state index in [1.165, 1.54) is 40.8 Å². The Morgan fingerprint density at radius 1 is 0.843 bits per heavy atom. The number of nitrogens with zero attached hydrogens (tertiary/aromatic N) is 3. The zero-order chi connectivity index (χ0) is 36.4. The van der Waals surface area contributed by atoms with Crippen LogP contribution in [0.25, 0.3) is 0 Å². The Bertz CT molecular complexity index is 1870. The fourth-order valence-corrected chi connectivity index (χ4v) is 9.56. The molecule has 0 saturated carbocycles. The van der Waals surface area contributed by atoms with Crippen LogP contribution >= 0.6 is 8.53 Å². The van der Waals surface area contributed by atoms with Gasteiger partial charge in [0.2, 0.25) is 0 Å². The van der Waals surface area contributed by atoms with Crippen LogP contribution in [0.15, 0.2) is 74.0 Å². The van der Waals surface area contributed by atoms with Gasteiger partial charge in [-0.1, -0.05) is 44.2 Å². The summed E-state index contributed by atoms with van der Waals surface area (Å²) in [5.74, 6) is 0. The molecule has 2 aromatic heterocycles. The number of aliphatic hydroxyl groups is 1. The first-order valence-corrected chi connectivity index (χ1v) is 18.3. The van der Waals surface area contributed by atoms with E-state index < -0.39 is 79.6 Å². The smallest absolute Gasteiger partial charge is 0.330 e. The average molecular weight is 732 g/mol. The van der Waals surface area contributed by atoms with Crippen LogP contribution in [0.2, 0.25) is 0 Å². The van der Waals surface area contributed by atoms with Gasteiger partial charge in [-0.3, -0.25) is 28.7 Å². The Labute approximate surface area is 295 Å². The van der Waals surface area contributed by atoms with Crippen LogP contribution in [-0.2, 0) is 33.6 Å². The molecule has 0 radical (unpaired) electrons. The second-order valence-electron chi connectivity index (χ2n) is 13.1. The Hall–Kier alpha value is -3.31. The van der Waals surface area contributed by atoms with Crippen molar-refractivity contribution < 1.29 is 33.1 Å². The van der Waals surface area contributed by atoms with E-state index in [-0.39, 0.29) is 12.1 Å². The van der Waals surface area contributed by atoms with Gasteiger partial charge in [0.25, 0.3) is 19.6 Å². The van der Waals surface area contributed by atoms with Gasteiger partial charge in [-0.15, -0.1) is 0 Å². The third kappa shape index (κ3) is 7.21. The Morgan fingerprint density at radius 3 is 1.96 bits per heavy atom. The lowest BCUT2D eigenvalue weighted by Crippen LogP contribution is -2.39. The molecule has 0 amide bonds. The molecule has 51 heavy (non-hydrogen) atoms. The molecule has 16 nitrogen and oxygen atoms in total. The summed E-state index contributed by atoms with van der Waals surface area (Å²) in [4.78, 5) is 51.1. The molecule has 6 heterocycles. The number of rotatable bonds is 9. The summed E-state index contributed by atoms with van der Waals surface area (Å²) in [6, 6.07) is 13.1. The van der Waals surface area contributed by atoms with Crippen LogP contribution in [0.4, 0.5) is 0 Å². The second kappa shape index (κ2) is 15.7. The third-order valence-electron chi connectivity index (χ3n) is 10.1. The molecule has 1 aromatic carbocycles. The van der Waals surface area contributed by atoms with Crippen LogP contribution in [-0.4, -0.2) is 92.3 Å². The number of ether oxygens (including phenoxy) is 4. The third-order valence-corrected chi connectivity index (χ3v) is 12.0. The highest BCUT2D eigenvalue weighted by Crippen LogP contribution is 2.64. The number of hydrogen-bond donors (Lipinski definition) is 3. The van der Waals surface area contributed by atoms with Crippen molar-refractivity contribution in [3.05, 3.63) is 102 Å². The number of methoxy groups -OCH3 is 2. The molecule has 2 unspecified atom stereocenters. The molecule has 7 rings (SSSR count). The summed E-state index contributed by atoms with van der Waals surface area (Å²) >= 11 is 0. The minimum atomic E-state index is -1.35. The standard InChI is InChI=1S/C23H30N3O6P.C11H16N2O5/c1-4-16-19(20(29-3)21(30-16)25-14-12-18(27)24-22(25)28)31-33-26-13-8-11-17(26)23(2,32-33)15-9-6-5-7-10-15;1-3-6-8(15)9(17-2)10(18-6)13-5-4-7(14)12-11(13)16/h5-7,9-10,12,14,16-17,19-21H,4,8,11,13H2,1-3H3,(H,24,27,28);4-6,8-10,15H,3H2,1-2H3,(H,12,14,16)/t16-,17+,19?,20+,21-,23-,33+;6-,8?,9+,10-/m11/s1. The molecule has 278 valence electrons. The topological polar surface area (TPSA) is 189 Å². The summed E-state index contributed by atoms with van der Waals surface area (Å²) in [5, 5.41) is 9.99. The molecule has 17 heteroatoms. The van der Waals surface area contributed by atoms with Gasteiger partial charge in [0, 0.05) is 45.3 Å². The predicted octanol–water partition coefficient (Wildman–Crippen LogP) is 2.10. The average Bonchev–Trinajstić information content (AvgIpc) is 3.88. The zero-order valence-electron chi connectivity index (χ0n) is 29.2. The summed E-state index contributed by atoms with van der Waals surface area (Å²) in [6.45, 7) is 6.96. The van der Waals surface area contributed by atoms with Crippen molar-refractivity contribution in [2.75, 3.05) is 20.8 Å². The van der Waals surface area contributed by atoms with E-state index in [4.69, 9.17) is 28.0 Å². The van der Waals surface area contributed by atoms with Crippen LogP contribution in [0.3, 0.4) is 0 Å². The Morgan fingerprint density at radius 2 is 1.41 bits per heavy atom. The van der Waals surface area contributed by atoms with Crippen molar-refractivity contribution in [2.45, 2.75) is 107 Å². The van der Waals surface area contributed by atoms with Crippen molar-refractivity contribution in [1.29, 1.82) is 0 Å². The van der Waals surface area contributed by atoms with Gasteiger partial charge in [-0.2, -0.15) is 0 Å². The molecule has 11 atom stereocenters. The largest absolute Gasteiger partial charge is 0.388 e. The van der Waals surface area contributed by atoms with Gasteiger partial charge in [-0.05, 0) is 38.2 Å². The first kappa shape index (κ1) is 37.4. The van der Waals surface area contributed by atoms with E-state index in [1.54, 1.807) is 7.11 Å². The lowest BCUT2D eigenvalue weighted by atomic mass is 9.87. The Balaban J connectivity index is 0.000000211. The molecular weight excluding hydrogens is 685 g/mol. The van der Waals surface area contributed by atoms with E-state index in [2.05, 4.69) is 33.7 Å². The number of nitrogens with one attached hydrogen (secondary N) is 2. The van der Waals surface area contributed by atoms with E-state index in [1.807, 2.05) is 32.0 Å². The summed E-state index contributed by atoms with van der Waals surface area (Å²) in [5.41, 5.74) is -1.36. The first-order valence-electron chi connectivity index (χ1n) is 17.2. The lowest BCUT2D eigenvalue weighted by Gasteiger charge is -2.29. The van der Waals surface area contributed by atoms with Crippen molar-refractivity contribution in [3.8, 4) is 0 Å². The van der Waals surface area contributed by atoms with Gasteiger partial charge < -0.3 is 33.1 Å². The van der Waals surface area contributed by atoms with Crippen molar-refractivity contribution in [3.63, 3.8) is 0 Å². The number of fused-ring (bicyclic) bond motifs is 1. The molecule has 0 spiro atoms. The highest BCUT2D eigenvalue weighted by molar-refractivity contribution is 7.45. The lowest BCUT2D eigenvalue weighted by molar-refractivity contribution is -0.0542. The zero-order valence-corrected chi connectivity index (χ0v) is 30.1. The highest BCUT2D eigenvalue weighted by atomic mass is 31.2. The summed E-state index contributed by atoms with van der Waals surface area (Å²) in [7, 11) is 1.68. The molecule has 3 aromatic rings. The van der Waals surface area contributed by atoms with Gasteiger partial charge in [0.05, 0.1) is 18.2 Å². The van der Waals surface area contributed by atoms with Gasteiger partial charge in [0.1, 0.15) is 30.0 Å². The molecule has 4 aliphatic rings. The van der Waals surface area contributed by atoms with Crippen molar-refractivity contribution in [1.82, 2.24) is 23.8 Å². The quantitative estimate of drug-likeness (QED) is 0.273. The summed E-state index contributed by atoms with van der Waals surface area (Å²) in [6.07, 6.45) is 1.70. The van der Waals surface area contributed by atoms with Crippen LogP contribution < -0.4 is 22.5 Å². The molecule has 4 aliphatic heterocycles. The minimum Gasteiger partial charge on any atom is -0.388 e. The number of H-pyrrole nitrogens is 2. The van der Waals surface area contributed by atoms with E-state index in [0.717, 1.165) is 24.9 Å². The Kier molecular flexibility index (Phi) is 11.6. The number of aromatic nitrogens is 4. The SMILES string of the molecule is CC[C@H]1O[C@@H](n2ccc(=O)[nH]c2=O)[C@@H](OC)C1O.CC[C@H]1O[C@@H](n2ccc(=O)[nH]c2=O)[C@@H](OC)C1O[P@@]1O[C@](C)(c2ccccc2)[C@@H]2CCCN21. The van der Waals surface area contributed by atoms with Crippen LogP contribution in [0.5, 0.6) is 0 Å². The maximum atomic E-state index is 12.4. The minimum absolute atomic E-state index is 0.243. The van der Waals surface area contributed by atoms with Crippen molar-refractivity contribution in [2.24, 2.45) is 0 Å². The van der Waals surface area contributed by atoms with Gasteiger partial charge in [0.15, 0.2) is 12.5 Å². The number of benzene rings is 1. The molecule has 0 aliphatic carbocycles. The van der Waals surface area contributed by atoms with E-state index in [9.17, 15) is 24.3 Å². The fourth-order valence-electron chi connectivity index (χ4n) is 7.41. The molecular formula is C34H46N5O11P. The molecule has 4 saturated heterocycles. The van der Waals surface area contributed by atoms with Gasteiger partial charge in [-0.25, -0.2) is 14.3 Å². The second-order valence-corrected chi connectivity index (χ2v) is 14.4. The van der Waals surface area contributed by atoms with Crippen molar-refractivity contribution >= 4 is 8.53 Å². The maximum absolute atomic E-state index is 12.4. The summed E-state index contributed by atoms with van der Waals surface area (Å²) < 4.78 is 41.1. The number of aromatic amines is 2. The monoisotopic (exact) mass is 731 g/mol. The van der Waals surface area contributed by atoms with E-state index >= 15 is 0 Å². The fraction of sp³-hybridized carbons (Fsp3) is 0.588. The predicted molar refractivity (Wildman–Crippen MR) is 185 cm³/mol. The maximum Gasteiger partial charge on any atom is 0.330 e. The van der Waals surface area contributed by atoms with Gasteiger partial charge >= 0.3 is 11.4 Å². The van der Waals surface area contributed by atoms with Crippen LogP contribution in [0.1, 0.15) is 64.5 Å². The first-order chi connectivity index (χ1) is 24.5. The van der Waals surface area contributed by atoms with Crippen LogP contribution in [0, 0.1) is 0 Å². The van der Waals surface area contributed by atoms with E-state index in [0.29, 0.717) is 12.8 Å².